The van der Waals surface area contributed by atoms with E-state index in [1.165, 1.54) is 36.5 Å². The summed E-state index contributed by atoms with van der Waals surface area (Å²) in [5.41, 5.74) is 8.40. The number of amidine groups is 1. The Kier molecular flexibility index (Phi) is 6.26. The standard InChI is InChI=1S/C45H30N4OS/c1-2-12-27(13-3-1)43-46-44(48-45(47-43)36-20-11-19-35-32-18-6-9-23-39(32)51-42(35)36)28-14-10-15-29(26-28)49-37-21-7-4-16-30(37)33-24-25-34-31-17-5-8-22-38(31)50-41(34)40(33)49/h1-26,43,45,47H,(H,46,48). The highest BCUT2D eigenvalue weighted by Crippen LogP contribution is 2.41. The maximum atomic E-state index is 6.62. The van der Waals surface area contributed by atoms with Crippen LogP contribution in [0.4, 0.5) is 0 Å². The first-order valence-corrected chi connectivity index (χ1v) is 18.1. The van der Waals surface area contributed by atoms with Crippen LogP contribution in [-0.4, -0.2) is 10.4 Å². The molecule has 7 aromatic carbocycles. The molecular weight excluding hydrogens is 645 g/mol. The zero-order valence-electron chi connectivity index (χ0n) is 27.4. The average molecular weight is 675 g/mol. The van der Waals surface area contributed by atoms with Gasteiger partial charge in [-0.2, -0.15) is 0 Å². The number of nitrogens with one attached hydrogen (secondary N) is 2. The Labute approximate surface area is 297 Å². The van der Waals surface area contributed by atoms with Crippen LogP contribution in [0, 0.1) is 0 Å². The van der Waals surface area contributed by atoms with Crippen LogP contribution in [-0.2, 0) is 0 Å². The van der Waals surface area contributed by atoms with Crippen molar-refractivity contribution in [1.82, 2.24) is 15.2 Å². The number of rotatable bonds is 4. The monoisotopic (exact) mass is 674 g/mol. The van der Waals surface area contributed by atoms with Gasteiger partial charge in [-0.05, 0) is 42.0 Å². The number of fused-ring (bicyclic) bond motifs is 10. The van der Waals surface area contributed by atoms with E-state index in [0.29, 0.717) is 0 Å². The number of aromatic nitrogens is 1. The second kappa shape index (κ2) is 11.2. The van der Waals surface area contributed by atoms with E-state index in [9.17, 15) is 0 Å². The summed E-state index contributed by atoms with van der Waals surface area (Å²) in [4.78, 5) is 5.32. The summed E-state index contributed by atoms with van der Waals surface area (Å²) in [7, 11) is 0. The zero-order valence-corrected chi connectivity index (χ0v) is 28.2. The van der Waals surface area contributed by atoms with Crippen molar-refractivity contribution in [2.45, 2.75) is 12.3 Å². The number of hydrogen-bond donors (Lipinski definition) is 2. The highest BCUT2D eigenvalue weighted by Gasteiger charge is 2.28. The SMILES string of the molecule is c1ccc(C2N=C(c3cccc(-n4c5ccccc5c5ccc6c7ccccc7oc6c54)c3)NC(c3cccc4c3sc3ccccc34)N2)cc1. The molecule has 0 saturated heterocycles. The molecule has 5 nitrogen and oxygen atoms in total. The summed E-state index contributed by atoms with van der Waals surface area (Å²) in [6, 6.07) is 55.9. The molecule has 10 aromatic rings. The second-order valence-electron chi connectivity index (χ2n) is 13.2. The lowest BCUT2D eigenvalue weighted by Gasteiger charge is -2.32. The number of thiophene rings is 1. The third kappa shape index (κ3) is 4.40. The minimum absolute atomic E-state index is 0.161. The van der Waals surface area contributed by atoms with E-state index < -0.39 is 0 Å². The summed E-state index contributed by atoms with van der Waals surface area (Å²) in [5, 5.41) is 14.8. The molecule has 2 atom stereocenters. The molecule has 4 heterocycles. The maximum Gasteiger partial charge on any atom is 0.160 e. The van der Waals surface area contributed by atoms with Gasteiger partial charge in [-0.25, -0.2) is 4.99 Å². The molecule has 0 saturated carbocycles. The summed E-state index contributed by atoms with van der Waals surface area (Å²) in [6.45, 7) is 0. The Morgan fingerprint density at radius 1 is 0.608 bits per heavy atom. The maximum absolute atomic E-state index is 6.62. The molecular formula is C45H30N4OS. The van der Waals surface area contributed by atoms with Crippen molar-refractivity contribution in [3.05, 3.63) is 174 Å². The van der Waals surface area contributed by atoms with E-state index in [2.05, 4.69) is 167 Å². The van der Waals surface area contributed by atoms with E-state index in [0.717, 1.165) is 55.6 Å². The zero-order chi connectivity index (χ0) is 33.5. The molecule has 0 aliphatic carbocycles. The second-order valence-corrected chi connectivity index (χ2v) is 14.2. The molecule has 51 heavy (non-hydrogen) atoms. The van der Waals surface area contributed by atoms with Gasteiger partial charge in [0, 0.05) is 58.5 Å². The predicted octanol–water partition coefficient (Wildman–Crippen LogP) is 11.4. The molecule has 0 fully saturated rings. The van der Waals surface area contributed by atoms with Crippen LogP contribution in [0.3, 0.4) is 0 Å². The summed E-state index contributed by atoms with van der Waals surface area (Å²) in [5.74, 6) is 0.849. The van der Waals surface area contributed by atoms with Crippen LogP contribution < -0.4 is 10.6 Å². The molecule has 6 heteroatoms. The van der Waals surface area contributed by atoms with Gasteiger partial charge in [0.05, 0.1) is 11.0 Å². The van der Waals surface area contributed by atoms with Gasteiger partial charge in [-0.1, -0.05) is 121 Å². The summed E-state index contributed by atoms with van der Waals surface area (Å²) in [6.07, 6.45) is -0.393. The summed E-state index contributed by atoms with van der Waals surface area (Å²) >= 11 is 1.85. The molecule has 0 amide bonds. The van der Waals surface area contributed by atoms with Crippen molar-refractivity contribution in [3.63, 3.8) is 0 Å². The molecule has 2 unspecified atom stereocenters. The van der Waals surface area contributed by atoms with Gasteiger partial charge < -0.3 is 14.3 Å². The first kappa shape index (κ1) is 28.6. The van der Waals surface area contributed by atoms with Crippen LogP contribution in [0.1, 0.15) is 29.0 Å². The fourth-order valence-electron chi connectivity index (χ4n) is 7.96. The Balaban J connectivity index is 1.10. The number of para-hydroxylation sites is 2. The van der Waals surface area contributed by atoms with E-state index in [1.807, 2.05) is 17.4 Å². The predicted molar refractivity (Wildman–Crippen MR) is 212 cm³/mol. The van der Waals surface area contributed by atoms with Crippen molar-refractivity contribution < 1.29 is 4.42 Å². The van der Waals surface area contributed by atoms with Crippen molar-refractivity contribution in [2.24, 2.45) is 4.99 Å². The fraction of sp³-hybridized carbons (Fsp3) is 0.0444. The molecule has 0 bridgehead atoms. The van der Waals surface area contributed by atoms with Gasteiger partial charge in [0.2, 0.25) is 0 Å². The molecule has 0 spiro atoms. The van der Waals surface area contributed by atoms with E-state index in [4.69, 9.17) is 9.41 Å². The van der Waals surface area contributed by atoms with E-state index in [-0.39, 0.29) is 12.3 Å². The van der Waals surface area contributed by atoms with Gasteiger partial charge in [0.15, 0.2) is 5.58 Å². The lowest BCUT2D eigenvalue weighted by Crippen LogP contribution is -2.45. The molecule has 11 rings (SSSR count). The lowest BCUT2D eigenvalue weighted by atomic mass is 10.0. The van der Waals surface area contributed by atoms with E-state index in [1.54, 1.807) is 0 Å². The van der Waals surface area contributed by atoms with Crippen LogP contribution >= 0.6 is 11.3 Å². The van der Waals surface area contributed by atoms with Gasteiger partial charge in [0.1, 0.15) is 23.8 Å². The van der Waals surface area contributed by atoms with Gasteiger partial charge in [-0.3, -0.25) is 5.32 Å². The Hall–Kier alpha value is -6.21. The Morgan fingerprint density at radius 3 is 2.27 bits per heavy atom. The first-order valence-electron chi connectivity index (χ1n) is 17.3. The minimum atomic E-state index is -0.232. The van der Waals surface area contributed by atoms with Gasteiger partial charge in [0.25, 0.3) is 0 Å². The number of aliphatic imine (C=N–C) groups is 1. The molecule has 2 N–H and O–H groups in total. The van der Waals surface area contributed by atoms with Gasteiger partial charge in [-0.15, -0.1) is 11.3 Å². The minimum Gasteiger partial charge on any atom is -0.454 e. The van der Waals surface area contributed by atoms with Crippen molar-refractivity contribution in [1.29, 1.82) is 0 Å². The number of nitrogens with zero attached hydrogens (tertiary/aromatic N) is 2. The van der Waals surface area contributed by atoms with Crippen LogP contribution in [0.25, 0.3) is 69.6 Å². The van der Waals surface area contributed by atoms with E-state index >= 15 is 0 Å². The van der Waals surface area contributed by atoms with Crippen molar-refractivity contribution in [3.8, 4) is 5.69 Å². The third-order valence-corrected chi connectivity index (χ3v) is 11.5. The highest BCUT2D eigenvalue weighted by molar-refractivity contribution is 7.26. The lowest BCUT2D eigenvalue weighted by molar-refractivity contribution is 0.411. The Bertz CT molecular complexity index is 3010. The fourth-order valence-corrected chi connectivity index (χ4v) is 9.21. The highest BCUT2D eigenvalue weighted by atomic mass is 32.1. The molecule has 1 aliphatic rings. The first-order chi connectivity index (χ1) is 25.3. The molecule has 242 valence electrons. The normalized spacial score (nSPS) is 16.4. The molecule has 1 aliphatic heterocycles. The summed E-state index contributed by atoms with van der Waals surface area (Å²) < 4.78 is 11.6. The van der Waals surface area contributed by atoms with Crippen LogP contribution in [0.5, 0.6) is 0 Å². The number of furan rings is 1. The molecule has 3 aromatic heterocycles. The average Bonchev–Trinajstić information content (AvgIpc) is 3.88. The third-order valence-electron chi connectivity index (χ3n) is 10.3. The van der Waals surface area contributed by atoms with Crippen molar-refractivity contribution >= 4 is 81.1 Å². The van der Waals surface area contributed by atoms with Crippen LogP contribution in [0.2, 0.25) is 0 Å². The quantitative estimate of drug-likeness (QED) is 0.195. The van der Waals surface area contributed by atoms with Crippen LogP contribution in [0.15, 0.2) is 167 Å². The smallest absolute Gasteiger partial charge is 0.160 e. The Morgan fingerprint density at radius 2 is 1.35 bits per heavy atom. The number of benzene rings is 7. The number of hydrogen-bond acceptors (Lipinski definition) is 5. The van der Waals surface area contributed by atoms with Gasteiger partial charge >= 0.3 is 0 Å². The topological polar surface area (TPSA) is 54.5 Å². The van der Waals surface area contributed by atoms with Crippen molar-refractivity contribution in [2.75, 3.05) is 0 Å². The molecule has 0 radical (unpaired) electrons. The largest absolute Gasteiger partial charge is 0.454 e.